The second-order valence-corrected chi connectivity index (χ2v) is 14.1. The van der Waals surface area contributed by atoms with E-state index in [9.17, 15) is 19.2 Å². The first kappa shape index (κ1) is 35.4. The lowest BCUT2D eigenvalue weighted by Gasteiger charge is -2.18. The lowest BCUT2D eigenvalue weighted by Crippen LogP contribution is -2.30. The Morgan fingerprint density at radius 2 is 1.76 bits per heavy atom. The standard InChI is InChI=1S/C38H39N3O6S2/c1-5-47-38(45)33-29-19-18-23(2)20-32(29)49-37(33)41-34(42)24(3)48-28-16-11-15-27(22-28)39-36(44)30(21-26-14-9-10-17-31(26)46-4)40-35(43)25-12-7-6-8-13-25/h6-17,21-24H,5,18-20H2,1-4H3,(H,39,44)(H,40,43)(H,41,42)/b30-21+. The third-order valence-corrected chi connectivity index (χ3v) is 10.2. The Bertz CT molecular complexity index is 1870. The summed E-state index contributed by atoms with van der Waals surface area (Å²) in [6, 6.07) is 22.9. The number of esters is 1. The summed E-state index contributed by atoms with van der Waals surface area (Å²) >= 11 is 2.78. The fourth-order valence-electron chi connectivity index (χ4n) is 5.46. The number of nitrogens with one attached hydrogen (secondary N) is 3. The predicted octanol–water partition coefficient (Wildman–Crippen LogP) is 7.59. The van der Waals surface area contributed by atoms with Crippen LogP contribution in [0.2, 0.25) is 0 Å². The molecule has 3 amide bonds. The van der Waals surface area contributed by atoms with Crippen LogP contribution in [0.4, 0.5) is 10.7 Å². The number of hydrogen-bond acceptors (Lipinski definition) is 8. The van der Waals surface area contributed by atoms with E-state index in [0.29, 0.717) is 39.0 Å². The molecule has 1 aliphatic rings. The molecule has 49 heavy (non-hydrogen) atoms. The topological polar surface area (TPSA) is 123 Å². The summed E-state index contributed by atoms with van der Waals surface area (Å²) < 4.78 is 10.8. The van der Waals surface area contributed by atoms with Gasteiger partial charge in [-0.15, -0.1) is 23.1 Å². The Morgan fingerprint density at radius 1 is 1.00 bits per heavy atom. The van der Waals surface area contributed by atoms with Gasteiger partial charge in [0.25, 0.3) is 11.8 Å². The SMILES string of the molecule is CCOC(=O)c1c(NC(=O)C(C)Sc2cccc(NC(=O)/C(=C\c3ccccc3OC)NC(=O)c3ccccc3)c2)sc2c1CCC(C)C2. The number of benzene rings is 3. The van der Waals surface area contributed by atoms with Crippen molar-refractivity contribution in [3.63, 3.8) is 0 Å². The van der Waals surface area contributed by atoms with E-state index in [2.05, 4.69) is 22.9 Å². The zero-order valence-corrected chi connectivity index (χ0v) is 29.5. The number of methoxy groups -OCH3 is 1. The van der Waals surface area contributed by atoms with E-state index in [1.807, 2.05) is 18.2 Å². The third kappa shape index (κ3) is 8.98. The molecule has 4 aromatic rings. The van der Waals surface area contributed by atoms with E-state index in [1.165, 1.54) is 30.2 Å². The second kappa shape index (κ2) is 16.5. The van der Waals surface area contributed by atoms with E-state index in [-0.39, 0.29) is 18.2 Å². The number of anilines is 2. The maximum absolute atomic E-state index is 13.6. The Labute approximate surface area is 294 Å². The summed E-state index contributed by atoms with van der Waals surface area (Å²) in [5.41, 5.74) is 2.97. The Hall–Kier alpha value is -4.87. The van der Waals surface area contributed by atoms with Crippen molar-refractivity contribution in [2.24, 2.45) is 5.92 Å². The van der Waals surface area contributed by atoms with Crippen LogP contribution in [0.15, 0.2) is 89.5 Å². The lowest BCUT2D eigenvalue weighted by atomic mass is 9.88. The summed E-state index contributed by atoms with van der Waals surface area (Å²) in [6.45, 7) is 6.00. The number of ether oxygens (including phenoxy) is 2. The molecular formula is C38H39N3O6S2. The number of fused-ring (bicyclic) bond motifs is 1. The molecular weight excluding hydrogens is 659 g/mol. The molecule has 0 spiro atoms. The number of carbonyl (C=O) groups excluding carboxylic acids is 4. The van der Waals surface area contributed by atoms with Crippen LogP contribution in [0.25, 0.3) is 6.08 Å². The summed E-state index contributed by atoms with van der Waals surface area (Å²) in [7, 11) is 1.53. The zero-order valence-electron chi connectivity index (χ0n) is 27.8. The molecule has 11 heteroatoms. The molecule has 0 fully saturated rings. The number of para-hydroxylation sites is 1. The summed E-state index contributed by atoms with van der Waals surface area (Å²) in [4.78, 5) is 54.9. The number of rotatable bonds is 12. The van der Waals surface area contributed by atoms with Crippen molar-refractivity contribution >= 4 is 63.6 Å². The molecule has 0 saturated carbocycles. The van der Waals surface area contributed by atoms with Gasteiger partial charge >= 0.3 is 5.97 Å². The Balaban J connectivity index is 1.31. The molecule has 0 bridgehead atoms. The minimum absolute atomic E-state index is 0.0228. The highest BCUT2D eigenvalue weighted by atomic mass is 32.2. The fourth-order valence-corrected chi connectivity index (χ4v) is 7.79. The van der Waals surface area contributed by atoms with Crippen molar-refractivity contribution < 1.29 is 28.7 Å². The maximum Gasteiger partial charge on any atom is 0.341 e. The number of amides is 3. The van der Waals surface area contributed by atoms with Crippen LogP contribution < -0.4 is 20.7 Å². The van der Waals surface area contributed by atoms with Crippen LogP contribution in [-0.2, 0) is 27.2 Å². The van der Waals surface area contributed by atoms with Gasteiger partial charge in [-0.1, -0.05) is 49.4 Å². The van der Waals surface area contributed by atoms with E-state index < -0.39 is 23.0 Å². The van der Waals surface area contributed by atoms with E-state index in [0.717, 1.165) is 34.6 Å². The lowest BCUT2D eigenvalue weighted by molar-refractivity contribution is -0.115. The molecule has 0 aliphatic heterocycles. The molecule has 0 radical (unpaired) electrons. The quantitative estimate of drug-likeness (QED) is 0.0792. The molecule has 2 atom stereocenters. The van der Waals surface area contributed by atoms with Crippen LogP contribution in [0.3, 0.4) is 0 Å². The van der Waals surface area contributed by atoms with Gasteiger partial charge in [-0.3, -0.25) is 14.4 Å². The van der Waals surface area contributed by atoms with Gasteiger partial charge in [0.15, 0.2) is 0 Å². The highest BCUT2D eigenvalue weighted by Gasteiger charge is 2.30. The average Bonchev–Trinajstić information content (AvgIpc) is 3.45. The van der Waals surface area contributed by atoms with E-state index >= 15 is 0 Å². The van der Waals surface area contributed by atoms with Gasteiger partial charge < -0.3 is 25.4 Å². The number of thioether (sulfide) groups is 1. The number of carbonyl (C=O) groups is 4. The van der Waals surface area contributed by atoms with Crippen molar-refractivity contribution in [2.75, 3.05) is 24.4 Å². The van der Waals surface area contributed by atoms with Crippen LogP contribution in [0.1, 0.15) is 63.9 Å². The molecule has 2 unspecified atom stereocenters. The number of thiophene rings is 1. The molecule has 254 valence electrons. The van der Waals surface area contributed by atoms with Crippen LogP contribution in [-0.4, -0.2) is 42.7 Å². The first-order valence-corrected chi connectivity index (χ1v) is 17.8. The average molecular weight is 698 g/mol. The predicted molar refractivity (Wildman–Crippen MR) is 195 cm³/mol. The normalized spacial score (nSPS) is 14.6. The van der Waals surface area contributed by atoms with Crippen LogP contribution in [0.5, 0.6) is 5.75 Å². The maximum atomic E-state index is 13.6. The van der Waals surface area contributed by atoms with Gasteiger partial charge in [-0.05, 0) is 87.1 Å². The van der Waals surface area contributed by atoms with Crippen molar-refractivity contribution in [3.8, 4) is 5.75 Å². The van der Waals surface area contributed by atoms with Crippen molar-refractivity contribution in [2.45, 2.75) is 50.2 Å². The van der Waals surface area contributed by atoms with Gasteiger partial charge in [0.2, 0.25) is 5.91 Å². The van der Waals surface area contributed by atoms with Gasteiger partial charge in [-0.2, -0.15) is 0 Å². The second-order valence-electron chi connectivity index (χ2n) is 11.6. The minimum atomic E-state index is -0.536. The van der Waals surface area contributed by atoms with Gasteiger partial charge in [0.05, 0.1) is 24.5 Å². The highest BCUT2D eigenvalue weighted by Crippen LogP contribution is 2.40. The molecule has 1 aliphatic carbocycles. The highest BCUT2D eigenvalue weighted by molar-refractivity contribution is 8.00. The van der Waals surface area contributed by atoms with Gasteiger partial charge in [0.1, 0.15) is 16.4 Å². The van der Waals surface area contributed by atoms with Gasteiger partial charge in [-0.25, -0.2) is 4.79 Å². The fraction of sp³-hybridized carbons (Fsp3) is 0.263. The summed E-state index contributed by atoms with van der Waals surface area (Å²) in [5.74, 6) is -0.576. The van der Waals surface area contributed by atoms with E-state index in [4.69, 9.17) is 9.47 Å². The van der Waals surface area contributed by atoms with Crippen LogP contribution >= 0.6 is 23.1 Å². The molecule has 3 aromatic carbocycles. The number of hydrogen-bond donors (Lipinski definition) is 3. The monoisotopic (exact) mass is 697 g/mol. The molecule has 1 aromatic heterocycles. The first-order chi connectivity index (χ1) is 23.7. The van der Waals surface area contributed by atoms with Crippen molar-refractivity contribution in [1.29, 1.82) is 0 Å². The zero-order chi connectivity index (χ0) is 34.9. The molecule has 1 heterocycles. The molecule has 9 nitrogen and oxygen atoms in total. The molecule has 0 saturated heterocycles. The molecule has 5 rings (SSSR count). The Morgan fingerprint density at radius 3 is 2.51 bits per heavy atom. The minimum Gasteiger partial charge on any atom is -0.496 e. The van der Waals surface area contributed by atoms with Crippen molar-refractivity contribution in [1.82, 2.24) is 5.32 Å². The van der Waals surface area contributed by atoms with Gasteiger partial charge in [0, 0.05) is 26.6 Å². The van der Waals surface area contributed by atoms with Crippen molar-refractivity contribution in [3.05, 3.63) is 112 Å². The van der Waals surface area contributed by atoms with E-state index in [1.54, 1.807) is 80.6 Å². The summed E-state index contributed by atoms with van der Waals surface area (Å²) in [6.07, 6.45) is 4.20. The molecule has 3 N–H and O–H groups in total. The first-order valence-electron chi connectivity index (χ1n) is 16.1. The summed E-state index contributed by atoms with van der Waals surface area (Å²) in [5, 5.41) is 8.62. The third-order valence-electron chi connectivity index (χ3n) is 7.97. The smallest absolute Gasteiger partial charge is 0.341 e. The largest absolute Gasteiger partial charge is 0.496 e. The van der Waals surface area contributed by atoms with Crippen LogP contribution in [0, 0.1) is 5.92 Å². The Kier molecular flexibility index (Phi) is 11.9.